The third-order valence-electron chi connectivity index (χ3n) is 3.21. The monoisotopic (exact) mass is 178 g/mol. The number of hydrogen-bond acceptors (Lipinski definition) is 1. The molecule has 0 spiro atoms. The smallest absolute Gasteiger partial charge is 0.129 e. The molecule has 0 amide bonds. The van der Waals surface area contributed by atoms with E-state index in [2.05, 4.69) is 0 Å². The van der Waals surface area contributed by atoms with E-state index >= 15 is 0 Å². The van der Waals surface area contributed by atoms with Crippen molar-refractivity contribution in [2.75, 3.05) is 0 Å². The van der Waals surface area contributed by atoms with Crippen LogP contribution in [0.25, 0.3) is 0 Å². The van der Waals surface area contributed by atoms with E-state index in [-0.39, 0.29) is 17.5 Å². The summed E-state index contributed by atoms with van der Waals surface area (Å²) >= 11 is 0. The molecule has 1 saturated heterocycles. The molecule has 2 heteroatoms. The number of ether oxygens (including phenoxy) is 1. The summed E-state index contributed by atoms with van der Waals surface area (Å²) in [5.41, 5.74) is 1.52. The van der Waals surface area contributed by atoms with Gasteiger partial charge in [-0.15, -0.1) is 0 Å². The number of halogens is 1. The summed E-state index contributed by atoms with van der Waals surface area (Å²) in [5, 5.41) is 0. The third kappa shape index (κ3) is 0.792. The maximum Gasteiger partial charge on any atom is 0.129 e. The van der Waals surface area contributed by atoms with E-state index in [1.807, 2.05) is 13.0 Å². The molecule has 2 bridgehead atoms. The molecule has 2 aliphatic heterocycles. The van der Waals surface area contributed by atoms with Gasteiger partial charge in [0.05, 0.1) is 11.7 Å². The molecule has 0 radical (unpaired) electrons. The number of fused-ring (bicyclic) bond motifs is 5. The van der Waals surface area contributed by atoms with Gasteiger partial charge < -0.3 is 4.74 Å². The average molecular weight is 178 g/mol. The Labute approximate surface area is 76.5 Å². The van der Waals surface area contributed by atoms with Gasteiger partial charge in [-0.25, -0.2) is 4.39 Å². The second-order valence-electron chi connectivity index (χ2n) is 4.08. The lowest BCUT2D eigenvalue weighted by molar-refractivity contribution is -0.00850. The summed E-state index contributed by atoms with van der Waals surface area (Å²) in [6.45, 7) is 1.99. The molecule has 2 atom stereocenters. The van der Waals surface area contributed by atoms with Crippen LogP contribution in [0.4, 0.5) is 4.39 Å². The Morgan fingerprint density at radius 1 is 1.54 bits per heavy atom. The molecule has 0 saturated carbocycles. The van der Waals surface area contributed by atoms with Gasteiger partial charge in [0.1, 0.15) is 5.82 Å². The van der Waals surface area contributed by atoms with Gasteiger partial charge >= 0.3 is 0 Å². The van der Waals surface area contributed by atoms with Gasteiger partial charge in [-0.1, -0.05) is 12.1 Å². The first-order chi connectivity index (χ1) is 6.21. The zero-order valence-electron chi connectivity index (χ0n) is 7.51. The van der Waals surface area contributed by atoms with Crippen molar-refractivity contribution in [2.24, 2.45) is 0 Å². The molecule has 1 aromatic rings. The molecule has 3 rings (SSSR count). The van der Waals surface area contributed by atoms with E-state index in [1.54, 1.807) is 6.07 Å². The van der Waals surface area contributed by atoms with E-state index in [9.17, 15) is 4.39 Å². The fourth-order valence-corrected chi connectivity index (χ4v) is 2.61. The van der Waals surface area contributed by atoms with E-state index in [0.717, 1.165) is 24.0 Å². The SMILES string of the molecule is CC12CCC(O1)c1cccc(F)c12. The highest BCUT2D eigenvalue weighted by Gasteiger charge is 2.48. The van der Waals surface area contributed by atoms with Crippen LogP contribution in [0, 0.1) is 5.82 Å². The lowest BCUT2D eigenvalue weighted by Gasteiger charge is -2.21. The fourth-order valence-electron chi connectivity index (χ4n) is 2.61. The van der Waals surface area contributed by atoms with Gasteiger partial charge in [0.15, 0.2) is 0 Å². The van der Waals surface area contributed by atoms with Crippen molar-refractivity contribution in [3.8, 4) is 0 Å². The molecule has 1 fully saturated rings. The Morgan fingerprint density at radius 3 is 3.15 bits per heavy atom. The van der Waals surface area contributed by atoms with E-state index in [1.165, 1.54) is 6.07 Å². The molecule has 2 unspecified atom stereocenters. The Bertz CT molecular complexity index is 374. The van der Waals surface area contributed by atoms with Crippen LogP contribution in [0.3, 0.4) is 0 Å². The van der Waals surface area contributed by atoms with Crippen LogP contribution in [0.1, 0.15) is 37.0 Å². The van der Waals surface area contributed by atoms with E-state index < -0.39 is 0 Å². The molecule has 2 heterocycles. The molecule has 2 aliphatic rings. The summed E-state index contributed by atoms with van der Waals surface area (Å²) in [5.74, 6) is -0.109. The minimum atomic E-state index is -0.342. The van der Waals surface area contributed by atoms with Gasteiger partial charge in [0.25, 0.3) is 0 Å². The van der Waals surface area contributed by atoms with Crippen molar-refractivity contribution in [2.45, 2.75) is 31.5 Å². The summed E-state index contributed by atoms with van der Waals surface area (Å²) in [6.07, 6.45) is 2.13. The fraction of sp³-hybridized carbons (Fsp3) is 0.455. The van der Waals surface area contributed by atoms with Crippen molar-refractivity contribution in [3.05, 3.63) is 35.1 Å². The Balaban J connectivity index is 2.30. The highest BCUT2D eigenvalue weighted by molar-refractivity contribution is 5.41. The lowest BCUT2D eigenvalue weighted by Crippen LogP contribution is -2.18. The van der Waals surface area contributed by atoms with E-state index in [4.69, 9.17) is 4.74 Å². The van der Waals surface area contributed by atoms with Crippen molar-refractivity contribution < 1.29 is 9.13 Å². The van der Waals surface area contributed by atoms with Crippen LogP contribution in [0.15, 0.2) is 18.2 Å². The molecular weight excluding hydrogens is 167 g/mol. The predicted molar refractivity (Wildman–Crippen MR) is 46.8 cm³/mol. The molecule has 1 aromatic carbocycles. The minimum Gasteiger partial charge on any atom is -0.363 e. The predicted octanol–water partition coefficient (Wildman–Crippen LogP) is 2.91. The second-order valence-corrected chi connectivity index (χ2v) is 4.08. The first kappa shape index (κ1) is 7.51. The maximum absolute atomic E-state index is 13.5. The van der Waals surface area contributed by atoms with Gasteiger partial charge in [0, 0.05) is 5.56 Å². The molecule has 0 N–H and O–H groups in total. The van der Waals surface area contributed by atoms with Crippen molar-refractivity contribution >= 4 is 0 Å². The normalized spacial score (nSPS) is 35.1. The minimum absolute atomic E-state index is 0.109. The molecule has 13 heavy (non-hydrogen) atoms. The molecular formula is C11H11FO. The zero-order valence-corrected chi connectivity index (χ0v) is 7.51. The zero-order chi connectivity index (χ0) is 9.05. The van der Waals surface area contributed by atoms with Crippen LogP contribution in [0.5, 0.6) is 0 Å². The third-order valence-corrected chi connectivity index (χ3v) is 3.21. The maximum atomic E-state index is 13.5. The molecule has 0 aliphatic carbocycles. The van der Waals surface area contributed by atoms with Crippen LogP contribution in [-0.2, 0) is 10.3 Å². The second kappa shape index (κ2) is 2.13. The highest BCUT2D eigenvalue weighted by atomic mass is 19.1. The molecule has 68 valence electrons. The number of hydrogen-bond donors (Lipinski definition) is 0. The summed E-state index contributed by atoms with van der Waals surface area (Å²) in [4.78, 5) is 0. The summed E-state index contributed by atoms with van der Waals surface area (Å²) in [6, 6.07) is 5.27. The Morgan fingerprint density at radius 2 is 2.38 bits per heavy atom. The first-order valence-corrected chi connectivity index (χ1v) is 4.67. The lowest BCUT2D eigenvalue weighted by atomic mass is 9.83. The Hall–Kier alpha value is -0.890. The first-order valence-electron chi connectivity index (χ1n) is 4.67. The van der Waals surface area contributed by atoms with E-state index in [0.29, 0.717) is 0 Å². The number of rotatable bonds is 0. The average Bonchev–Trinajstić information content (AvgIpc) is 2.59. The number of benzene rings is 1. The van der Waals surface area contributed by atoms with Crippen molar-refractivity contribution in [1.82, 2.24) is 0 Å². The van der Waals surface area contributed by atoms with Gasteiger partial charge in [-0.3, -0.25) is 0 Å². The van der Waals surface area contributed by atoms with Gasteiger partial charge in [0.2, 0.25) is 0 Å². The highest BCUT2D eigenvalue weighted by Crippen LogP contribution is 2.54. The van der Waals surface area contributed by atoms with Crippen LogP contribution >= 0.6 is 0 Å². The van der Waals surface area contributed by atoms with Gasteiger partial charge in [-0.05, 0) is 31.4 Å². The Kier molecular flexibility index (Phi) is 1.23. The van der Waals surface area contributed by atoms with Crippen LogP contribution < -0.4 is 0 Å². The van der Waals surface area contributed by atoms with Crippen molar-refractivity contribution in [3.63, 3.8) is 0 Å². The summed E-state index contributed by atoms with van der Waals surface area (Å²) < 4.78 is 19.3. The molecule has 0 aromatic heterocycles. The topological polar surface area (TPSA) is 9.23 Å². The van der Waals surface area contributed by atoms with Gasteiger partial charge in [-0.2, -0.15) is 0 Å². The van der Waals surface area contributed by atoms with Crippen LogP contribution in [0.2, 0.25) is 0 Å². The standard InChI is InChI=1S/C11H11FO/c1-11-6-5-9(13-11)7-3-2-4-8(12)10(7)11/h2-4,9H,5-6H2,1H3. The van der Waals surface area contributed by atoms with Crippen LogP contribution in [-0.4, -0.2) is 0 Å². The largest absolute Gasteiger partial charge is 0.363 e. The quantitative estimate of drug-likeness (QED) is 0.593. The summed E-state index contributed by atoms with van der Waals surface area (Å²) in [7, 11) is 0. The molecule has 1 nitrogen and oxygen atoms in total. The van der Waals surface area contributed by atoms with Crippen molar-refractivity contribution in [1.29, 1.82) is 0 Å².